The molecular weight excluding hydrogens is 258 g/mol. The van der Waals surface area contributed by atoms with Gasteiger partial charge in [-0.1, -0.05) is 12.1 Å². The number of benzene rings is 1. The van der Waals surface area contributed by atoms with Crippen molar-refractivity contribution in [1.29, 1.82) is 0 Å². The van der Waals surface area contributed by atoms with Crippen LogP contribution in [0.15, 0.2) is 24.3 Å². The number of ether oxygens (including phenoxy) is 1. The van der Waals surface area contributed by atoms with Crippen LogP contribution in [0.5, 0.6) is 5.75 Å². The SMILES string of the molecule is CC(C)Oc1ccc(C(O)CNCCCC(=O)O)cc1. The summed E-state index contributed by atoms with van der Waals surface area (Å²) in [5, 5.41) is 21.5. The first-order chi connectivity index (χ1) is 9.49. The van der Waals surface area contributed by atoms with Gasteiger partial charge < -0.3 is 20.3 Å². The molecule has 0 amide bonds. The maximum Gasteiger partial charge on any atom is 0.303 e. The Morgan fingerprint density at radius 1 is 1.30 bits per heavy atom. The van der Waals surface area contributed by atoms with E-state index in [0.29, 0.717) is 19.5 Å². The van der Waals surface area contributed by atoms with Gasteiger partial charge in [0.1, 0.15) is 5.75 Å². The number of aliphatic hydroxyl groups is 1. The van der Waals surface area contributed by atoms with Gasteiger partial charge in [0.25, 0.3) is 0 Å². The fraction of sp³-hybridized carbons (Fsp3) is 0.533. The van der Waals surface area contributed by atoms with E-state index in [-0.39, 0.29) is 12.5 Å². The molecule has 0 aliphatic rings. The highest BCUT2D eigenvalue weighted by Crippen LogP contribution is 2.18. The molecule has 0 saturated carbocycles. The van der Waals surface area contributed by atoms with E-state index in [2.05, 4.69) is 5.32 Å². The molecule has 0 aliphatic carbocycles. The fourth-order valence-corrected chi connectivity index (χ4v) is 1.76. The quantitative estimate of drug-likeness (QED) is 0.603. The van der Waals surface area contributed by atoms with Crippen molar-refractivity contribution < 1.29 is 19.7 Å². The zero-order valence-corrected chi connectivity index (χ0v) is 12.0. The van der Waals surface area contributed by atoms with Gasteiger partial charge in [-0.05, 0) is 44.5 Å². The highest BCUT2D eigenvalue weighted by molar-refractivity contribution is 5.66. The Bertz CT molecular complexity index is 403. The molecule has 0 spiro atoms. The number of carbonyl (C=O) groups is 1. The maximum atomic E-state index is 10.3. The van der Waals surface area contributed by atoms with Crippen molar-refractivity contribution in [2.45, 2.75) is 38.9 Å². The third-order valence-corrected chi connectivity index (χ3v) is 2.72. The van der Waals surface area contributed by atoms with Crippen LogP contribution in [-0.4, -0.2) is 35.4 Å². The summed E-state index contributed by atoms with van der Waals surface area (Å²) in [5.74, 6) is -0.0153. The molecule has 0 heterocycles. The predicted octanol–water partition coefficient (Wildman–Crippen LogP) is 1.96. The molecule has 1 atom stereocenters. The molecule has 0 saturated heterocycles. The van der Waals surface area contributed by atoms with Crippen LogP contribution in [0.3, 0.4) is 0 Å². The van der Waals surface area contributed by atoms with E-state index in [1.807, 2.05) is 38.1 Å². The first kappa shape index (κ1) is 16.5. The highest BCUT2D eigenvalue weighted by atomic mass is 16.5. The van der Waals surface area contributed by atoms with Gasteiger partial charge in [0.2, 0.25) is 0 Å². The number of aliphatic hydroxyl groups excluding tert-OH is 1. The third-order valence-electron chi connectivity index (χ3n) is 2.72. The van der Waals surface area contributed by atoms with Crippen molar-refractivity contribution in [1.82, 2.24) is 5.32 Å². The largest absolute Gasteiger partial charge is 0.491 e. The molecule has 0 radical (unpaired) electrons. The maximum absolute atomic E-state index is 10.3. The molecule has 0 aliphatic heterocycles. The van der Waals surface area contributed by atoms with Crippen molar-refractivity contribution in [3.63, 3.8) is 0 Å². The van der Waals surface area contributed by atoms with E-state index in [1.165, 1.54) is 0 Å². The molecule has 5 heteroatoms. The lowest BCUT2D eigenvalue weighted by molar-refractivity contribution is -0.137. The molecule has 0 bridgehead atoms. The molecule has 1 aromatic carbocycles. The van der Waals surface area contributed by atoms with Crippen LogP contribution in [0, 0.1) is 0 Å². The highest BCUT2D eigenvalue weighted by Gasteiger charge is 2.07. The van der Waals surface area contributed by atoms with E-state index >= 15 is 0 Å². The summed E-state index contributed by atoms with van der Waals surface area (Å²) in [6.45, 7) is 4.91. The lowest BCUT2D eigenvalue weighted by Gasteiger charge is -2.14. The van der Waals surface area contributed by atoms with E-state index in [4.69, 9.17) is 9.84 Å². The number of nitrogens with one attached hydrogen (secondary N) is 1. The molecule has 1 unspecified atom stereocenters. The second-order valence-corrected chi connectivity index (χ2v) is 4.95. The molecule has 20 heavy (non-hydrogen) atoms. The van der Waals surface area contributed by atoms with Gasteiger partial charge >= 0.3 is 5.97 Å². The Morgan fingerprint density at radius 3 is 2.50 bits per heavy atom. The van der Waals surface area contributed by atoms with Crippen LogP contribution in [-0.2, 0) is 4.79 Å². The zero-order valence-electron chi connectivity index (χ0n) is 12.0. The first-order valence-electron chi connectivity index (χ1n) is 6.86. The number of carboxylic acids is 1. The number of hydrogen-bond acceptors (Lipinski definition) is 4. The molecule has 5 nitrogen and oxygen atoms in total. The van der Waals surface area contributed by atoms with Crippen LogP contribution in [0.2, 0.25) is 0 Å². The lowest BCUT2D eigenvalue weighted by Crippen LogP contribution is -2.23. The van der Waals surface area contributed by atoms with Crippen LogP contribution in [0.25, 0.3) is 0 Å². The monoisotopic (exact) mass is 281 g/mol. The molecule has 3 N–H and O–H groups in total. The van der Waals surface area contributed by atoms with Crippen molar-refractivity contribution in [2.75, 3.05) is 13.1 Å². The summed E-state index contributed by atoms with van der Waals surface area (Å²) < 4.78 is 5.53. The van der Waals surface area contributed by atoms with Crippen LogP contribution in [0.1, 0.15) is 38.4 Å². The minimum Gasteiger partial charge on any atom is -0.491 e. The van der Waals surface area contributed by atoms with E-state index in [1.54, 1.807) is 0 Å². The van der Waals surface area contributed by atoms with Gasteiger partial charge in [-0.25, -0.2) is 0 Å². The van der Waals surface area contributed by atoms with Gasteiger partial charge in [0.05, 0.1) is 12.2 Å². The lowest BCUT2D eigenvalue weighted by atomic mass is 10.1. The van der Waals surface area contributed by atoms with Crippen LogP contribution < -0.4 is 10.1 Å². The van der Waals surface area contributed by atoms with Crippen molar-refractivity contribution in [3.05, 3.63) is 29.8 Å². The van der Waals surface area contributed by atoms with Crippen LogP contribution in [0.4, 0.5) is 0 Å². The van der Waals surface area contributed by atoms with Crippen LogP contribution >= 0.6 is 0 Å². The predicted molar refractivity (Wildman–Crippen MR) is 76.9 cm³/mol. The number of hydrogen-bond donors (Lipinski definition) is 3. The molecule has 0 fully saturated rings. The minimum absolute atomic E-state index is 0.127. The molecule has 1 rings (SSSR count). The Balaban J connectivity index is 2.32. The number of carboxylic acid groups (broad SMARTS) is 1. The molecule has 1 aromatic rings. The fourth-order valence-electron chi connectivity index (χ4n) is 1.76. The van der Waals surface area contributed by atoms with E-state index in [0.717, 1.165) is 11.3 Å². The summed E-state index contributed by atoms with van der Waals surface area (Å²) in [4.78, 5) is 10.3. The van der Waals surface area contributed by atoms with E-state index in [9.17, 15) is 9.90 Å². The summed E-state index contributed by atoms with van der Waals surface area (Å²) in [5.41, 5.74) is 0.812. The van der Waals surface area contributed by atoms with Crippen molar-refractivity contribution >= 4 is 5.97 Å². The average molecular weight is 281 g/mol. The normalized spacial score (nSPS) is 12.4. The van der Waals surface area contributed by atoms with E-state index < -0.39 is 12.1 Å². The Labute approximate surface area is 119 Å². The second kappa shape index (κ2) is 8.55. The summed E-state index contributed by atoms with van der Waals surface area (Å²) in [7, 11) is 0. The Morgan fingerprint density at radius 2 is 1.95 bits per heavy atom. The zero-order chi connectivity index (χ0) is 15.0. The molecule has 112 valence electrons. The number of aliphatic carboxylic acids is 1. The third kappa shape index (κ3) is 6.54. The smallest absolute Gasteiger partial charge is 0.303 e. The summed E-state index contributed by atoms with van der Waals surface area (Å²) in [6, 6.07) is 7.34. The second-order valence-electron chi connectivity index (χ2n) is 4.95. The standard InChI is InChI=1S/C15H23NO4/c1-11(2)20-13-7-5-12(6-8-13)14(17)10-16-9-3-4-15(18)19/h5-8,11,14,16-17H,3-4,9-10H2,1-2H3,(H,18,19). The van der Waals surface area contributed by atoms with Gasteiger partial charge in [0.15, 0.2) is 0 Å². The topological polar surface area (TPSA) is 78.8 Å². The van der Waals surface area contributed by atoms with Gasteiger partial charge in [-0.3, -0.25) is 4.79 Å². The first-order valence-corrected chi connectivity index (χ1v) is 6.86. The number of rotatable bonds is 9. The summed E-state index contributed by atoms with van der Waals surface area (Å²) >= 11 is 0. The molecule has 0 aromatic heterocycles. The average Bonchev–Trinajstić information content (AvgIpc) is 2.38. The van der Waals surface area contributed by atoms with Gasteiger partial charge in [0, 0.05) is 13.0 Å². The van der Waals surface area contributed by atoms with Crippen molar-refractivity contribution in [3.8, 4) is 5.75 Å². The minimum atomic E-state index is -0.798. The Hall–Kier alpha value is -1.59. The Kier molecular flexibility index (Phi) is 7.04. The molecular formula is C15H23NO4. The van der Waals surface area contributed by atoms with Crippen molar-refractivity contribution in [2.24, 2.45) is 0 Å². The summed E-state index contributed by atoms with van der Waals surface area (Å²) in [6.07, 6.45) is 0.225. The van der Waals surface area contributed by atoms with Gasteiger partial charge in [-0.15, -0.1) is 0 Å². The van der Waals surface area contributed by atoms with Gasteiger partial charge in [-0.2, -0.15) is 0 Å².